The molecule has 2 amide bonds. The summed E-state index contributed by atoms with van der Waals surface area (Å²) < 4.78 is 25.5. The predicted octanol–water partition coefficient (Wildman–Crippen LogP) is 5.73. The van der Waals surface area contributed by atoms with Crippen LogP contribution in [-0.2, 0) is 9.59 Å². The van der Waals surface area contributed by atoms with E-state index in [0.29, 0.717) is 49.3 Å². The highest BCUT2D eigenvalue weighted by molar-refractivity contribution is 5.99. The first-order chi connectivity index (χ1) is 28.0. The van der Waals surface area contributed by atoms with Crippen molar-refractivity contribution in [2.24, 2.45) is 0 Å². The number of carbonyl (C=O) groups excluding carboxylic acids is 2. The summed E-state index contributed by atoms with van der Waals surface area (Å²) in [6.45, 7) is 52.6. The van der Waals surface area contributed by atoms with Gasteiger partial charge in [0.1, 0.15) is 0 Å². The standard InChI is InChI=1S/C11H23N3.C10H22N2.C10H21NO.C9H17F2N.C8H14N2O2/c1-11(2,3)14-6-4-13(5-7-14)10-8-12-9-10;1-8-6-12(10(3,4)5)7-9(2)11-8;1-9(2,3)11-7-5-10(4,12)6-8-11;1-8(2,3)12-6-4-9(10,11)5-7-12;1-8(2,3)10-4-6(11)9-7(12)5-10/h10,12H,4-9H2,1-3H3;8-9,11H,6-7H2,1-5H3;12H,5-8H2,1-4H3;4-7H2,1-3H3;4-5H2,1-3H3,(H,9,11,12). The van der Waals surface area contributed by atoms with E-state index in [1.54, 1.807) is 0 Å². The van der Waals surface area contributed by atoms with Crippen LogP contribution >= 0.6 is 0 Å². The molecule has 0 spiro atoms. The summed E-state index contributed by atoms with van der Waals surface area (Å²) in [6.07, 6.45) is 1.85. The molecule has 6 aliphatic rings. The number of hydrogen-bond acceptors (Lipinski definition) is 11. The predicted molar refractivity (Wildman–Crippen MR) is 254 cm³/mol. The van der Waals surface area contributed by atoms with Gasteiger partial charge >= 0.3 is 0 Å². The molecule has 0 bridgehead atoms. The first-order valence-electron chi connectivity index (χ1n) is 23.9. The van der Waals surface area contributed by atoms with Crippen molar-refractivity contribution >= 4 is 11.8 Å². The van der Waals surface area contributed by atoms with Gasteiger partial charge in [-0.1, -0.05) is 0 Å². The molecule has 2 atom stereocenters. The highest BCUT2D eigenvalue weighted by Crippen LogP contribution is 2.31. The van der Waals surface area contributed by atoms with E-state index >= 15 is 0 Å². The molecule has 6 fully saturated rings. The fourth-order valence-electron chi connectivity index (χ4n) is 8.44. The van der Waals surface area contributed by atoms with Crippen LogP contribution in [0.5, 0.6) is 0 Å². The third-order valence-corrected chi connectivity index (χ3v) is 13.2. The van der Waals surface area contributed by atoms with Crippen molar-refractivity contribution in [1.82, 2.24) is 45.3 Å². The Morgan fingerprint density at radius 1 is 0.532 bits per heavy atom. The summed E-state index contributed by atoms with van der Waals surface area (Å²) >= 11 is 0. The average molecular weight is 886 g/mol. The van der Waals surface area contributed by atoms with Gasteiger partial charge in [0.2, 0.25) is 11.8 Å². The molecule has 4 N–H and O–H groups in total. The summed E-state index contributed by atoms with van der Waals surface area (Å²) in [5, 5.41) is 18.9. The van der Waals surface area contributed by atoms with E-state index in [2.05, 4.69) is 137 Å². The number of alkyl halides is 2. The van der Waals surface area contributed by atoms with Crippen molar-refractivity contribution in [2.45, 2.75) is 208 Å². The van der Waals surface area contributed by atoms with Gasteiger partial charge in [0.05, 0.1) is 18.7 Å². The summed E-state index contributed by atoms with van der Waals surface area (Å²) in [5.74, 6) is -2.83. The van der Waals surface area contributed by atoms with Crippen molar-refractivity contribution in [3.05, 3.63) is 0 Å². The Morgan fingerprint density at radius 3 is 1.19 bits per heavy atom. The number of nitrogens with one attached hydrogen (secondary N) is 3. The van der Waals surface area contributed by atoms with E-state index in [1.165, 1.54) is 52.4 Å². The second-order valence-electron chi connectivity index (χ2n) is 24.2. The Hall–Kier alpha value is -1.36. The summed E-state index contributed by atoms with van der Waals surface area (Å²) in [5.41, 5.74) is 0.441. The van der Waals surface area contributed by atoms with Gasteiger partial charge in [-0.15, -0.1) is 0 Å². The number of amides is 2. The lowest BCUT2D eigenvalue weighted by Crippen LogP contribution is -2.63. The SMILES string of the molecule is CC(C)(C)N1CC(=O)NC(=O)C1.CC(C)(C)N1CCC(F)(F)CC1.CC(C)(C)N1CCN(C2CNC2)CC1.CC1(O)CCN(C(C)(C)C)CC1.CC1CN(C(C)(C)C)CC(C)N1. The molecular weight excluding hydrogens is 789 g/mol. The van der Waals surface area contributed by atoms with Gasteiger partial charge < -0.3 is 15.7 Å². The topological polar surface area (TPSA) is 110 Å². The summed E-state index contributed by atoms with van der Waals surface area (Å²) in [7, 11) is 0. The maximum absolute atomic E-state index is 12.7. The molecule has 0 saturated carbocycles. The Morgan fingerprint density at radius 2 is 0.871 bits per heavy atom. The smallest absolute Gasteiger partial charge is 0.250 e. The van der Waals surface area contributed by atoms with Gasteiger partial charge in [-0.05, 0) is 137 Å². The molecule has 14 heteroatoms. The van der Waals surface area contributed by atoms with Crippen LogP contribution in [0.15, 0.2) is 0 Å². The number of carbonyl (C=O) groups is 2. The number of rotatable bonds is 1. The first-order valence-corrected chi connectivity index (χ1v) is 23.9. The highest BCUT2D eigenvalue weighted by atomic mass is 19.3. The van der Waals surface area contributed by atoms with E-state index in [0.717, 1.165) is 32.0 Å². The number of nitrogens with zero attached hydrogens (tertiary/aromatic N) is 6. The molecule has 366 valence electrons. The quantitative estimate of drug-likeness (QED) is 0.243. The molecule has 0 aromatic heterocycles. The number of imide groups is 1. The Kier molecular flexibility index (Phi) is 21.0. The molecule has 0 aromatic rings. The second-order valence-corrected chi connectivity index (χ2v) is 24.2. The molecule has 2 unspecified atom stereocenters. The summed E-state index contributed by atoms with van der Waals surface area (Å²) in [4.78, 5) is 36.1. The number of likely N-dealkylation sites (tertiary alicyclic amines) is 2. The van der Waals surface area contributed by atoms with Gasteiger partial charge in [-0.2, -0.15) is 0 Å². The fraction of sp³-hybridized carbons (Fsp3) is 0.958. The van der Waals surface area contributed by atoms with E-state index in [4.69, 9.17) is 0 Å². The first kappa shape index (κ1) is 56.8. The molecule has 0 radical (unpaired) electrons. The molecule has 12 nitrogen and oxygen atoms in total. The lowest BCUT2D eigenvalue weighted by Gasteiger charge is -2.46. The van der Waals surface area contributed by atoms with Gasteiger partial charge in [-0.25, -0.2) is 8.78 Å². The zero-order chi connectivity index (χ0) is 47.7. The zero-order valence-electron chi connectivity index (χ0n) is 43.2. The lowest BCUT2D eigenvalue weighted by molar-refractivity contribution is -0.138. The van der Waals surface area contributed by atoms with Gasteiger partial charge in [0.25, 0.3) is 5.92 Å². The lowest BCUT2D eigenvalue weighted by atomic mass is 9.91. The number of hydrogen-bond donors (Lipinski definition) is 4. The van der Waals surface area contributed by atoms with Crippen molar-refractivity contribution in [3.8, 4) is 0 Å². The largest absolute Gasteiger partial charge is 0.390 e. The second kappa shape index (κ2) is 22.9. The summed E-state index contributed by atoms with van der Waals surface area (Å²) in [6, 6.07) is 2.10. The van der Waals surface area contributed by atoms with Gasteiger partial charge in [0.15, 0.2) is 0 Å². The van der Waals surface area contributed by atoms with Crippen LogP contribution in [0.4, 0.5) is 8.78 Å². The fourth-order valence-corrected chi connectivity index (χ4v) is 8.44. The highest BCUT2D eigenvalue weighted by Gasteiger charge is 2.38. The minimum Gasteiger partial charge on any atom is -0.390 e. The number of aliphatic hydroxyl groups is 1. The molecule has 6 saturated heterocycles. The minimum absolute atomic E-state index is 0.0181. The van der Waals surface area contributed by atoms with Crippen LogP contribution in [0, 0.1) is 0 Å². The molecule has 62 heavy (non-hydrogen) atoms. The van der Waals surface area contributed by atoms with Crippen LogP contribution in [-0.4, -0.2) is 195 Å². The maximum Gasteiger partial charge on any atom is 0.250 e. The van der Waals surface area contributed by atoms with Crippen LogP contribution in [0.1, 0.15) is 150 Å². The van der Waals surface area contributed by atoms with Crippen LogP contribution in [0.3, 0.4) is 0 Å². The van der Waals surface area contributed by atoms with Crippen molar-refractivity contribution in [1.29, 1.82) is 0 Å². The third-order valence-electron chi connectivity index (χ3n) is 13.2. The van der Waals surface area contributed by atoms with Crippen LogP contribution in [0.25, 0.3) is 0 Å². The van der Waals surface area contributed by atoms with Crippen molar-refractivity contribution in [2.75, 3.05) is 91.6 Å². The Bertz CT molecular complexity index is 1270. The van der Waals surface area contributed by atoms with Gasteiger partial charge in [-0.3, -0.25) is 44.3 Å². The number of piperidine rings is 2. The minimum atomic E-state index is -2.41. The maximum atomic E-state index is 12.7. The van der Waals surface area contributed by atoms with E-state index < -0.39 is 11.5 Å². The Balaban J connectivity index is 0.000000267. The number of piperazine rings is 3. The monoisotopic (exact) mass is 886 g/mol. The van der Waals surface area contributed by atoms with E-state index in [-0.39, 0.29) is 41.3 Å². The molecule has 0 aliphatic carbocycles. The van der Waals surface area contributed by atoms with Crippen LogP contribution in [0.2, 0.25) is 0 Å². The molecule has 0 aromatic carbocycles. The van der Waals surface area contributed by atoms with Crippen molar-refractivity contribution in [3.63, 3.8) is 0 Å². The molecule has 6 rings (SSSR count). The zero-order valence-corrected chi connectivity index (χ0v) is 43.2. The number of halogens is 2. The van der Waals surface area contributed by atoms with E-state index in [1.807, 2.05) is 32.6 Å². The van der Waals surface area contributed by atoms with E-state index in [9.17, 15) is 23.5 Å². The Labute approximate surface area is 379 Å². The molecular formula is C48H97F2N9O3. The third kappa shape index (κ3) is 20.9. The average Bonchev–Trinajstić information content (AvgIpc) is 3.06. The van der Waals surface area contributed by atoms with Gasteiger partial charge in [0, 0.05) is 137 Å². The molecule has 6 heterocycles. The van der Waals surface area contributed by atoms with Crippen LogP contribution < -0.4 is 16.0 Å². The normalized spacial score (nSPS) is 26.8. The molecule has 6 aliphatic heterocycles. The van der Waals surface area contributed by atoms with Crippen molar-refractivity contribution < 1.29 is 23.5 Å².